The Morgan fingerprint density at radius 2 is 0.680 bits per heavy atom. The van der Waals surface area contributed by atoms with E-state index < -0.39 is 70.7 Å². The van der Waals surface area contributed by atoms with E-state index in [-0.39, 0.29) is 56.6 Å². The van der Waals surface area contributed by atoms with E-state index in [2.05, 4.69) is 45.7 Å². The molecule has 0 aliphatic carbocycles. The predicted molar refractivity (Wildman–Crippen MR) is 302 cm³/mol. The number of ketones is 1. The highest BCUT2D eigenvalue weighted by atomic mass is 16.6. The summed E-state index contributed by atoms with van der Waals surface area (Å²) in [7, 11) is 0. The number of amides is 5. The summed E-state index contributed by atoms with van der Waals surface area (Å²) in [6.07, 6.45) is 24.7. The van der Waals surface area contributed by atoms with E-state index in [0.29, 0.717) is 0 Å². The van der Waals surface area contributed by atoms with Gasteiger partial charge in [-0.15, -0.1) is 0 Å². The van der Waals surface area contributed by atoms with Crippen molar-refractivity contribution in [1.82, 2.24) is 31.9 Å². The van der Waals surface area contributed by atoms with Crippen LogP contribution >= 0.6 is 0 Å². The highest BCUT2D eigenvalue weighted by Crippen LogP contribution is 2.19. The molecule has 7 N–H and O–H groups in total. The van der Waals surface area contributed by atoms with Gasteiger partial charge in [-0.2, -0.15) is 0 Å². The third-order valence-corrected chi connectivity index (χ3v) is 12.1. The highest BCUT2D eigenvalue weighted by Gasteiger charge is 2.33. The number of carbonyl (C=O) groups excluding carboxylic acids is 6. The monoisotopic (exact) mass is 1070 g/mol. The van der Waals surface area contributed by atoms with E-state index in [4.69, 9.17) is 24.4 Å². The van der Waals surface area contributed by atoms with Crippen LogP contribution in [0.5, 0.6) is 0 Å². The molecule has 5 amide bonds. The summed E-state index contributed by atoms with van der Waals surface area (Å²) in [4.78, 5) is 81.0. The number of guanidine groups is 1. The number of hydrogen-bond acceptors (Lipinski definition) is 11. The Morgan fingerprint density at radius 3 is 1.04 bits per heavy atom. The molecule has 0 saturated heterocycles. The van der Waals surface area contributed by atoms with Gasteiger partial charge in [-0.25, -0.2) is 19.2 Å². The smallest absolute Gasteiger partial charge is 0.414 e. The van der Waals surface area contributed by atoms with Crippen LogP contribution in [-0.2, 0) is 28.5 Å². The lowest BCUT2D eigenvalue weighted by Crippen LogP contribution is -2.53. The summed E-state index contributed by atoms with van der Waals surface area (Å²) >= 11 is 0. The number of rotatable bonds is 38. The average Bonchev–Trinajstić information content (AvgIpc) is 3.26. The molecule has 17 heteroatoms. The largest absolute Gasteiger partial charge is 0.444 e. The van der Waals surface area contributed by atoms with E-state index in [9.17, 15) is 28.8 Å². The topological polar surface area (TPSA) is 235 Å². The second-order valence-electron chi connectivity index (χ2n) is 24.5. The number of unbranched alkanes of at least 4 members (excludes halogenated alkanes) is 19. The van der Waals surface area contributed by atoms with Gasteiger partial charge in [0.1, 0.15) is 28.4 Å². The number of Topliss-reactive ketones (excluding diaryl/α,β-unsaturated/α-hetero) is 1. The van der Waals surface area contributed by atoms with Gasteiger partial charge < -0.3 is 45.5 Å². The molecule has 4 atom stereocenters. The first-order valence-corrected chi connectivity index (χ1v) is 29.2. The Balaban J connectivity index is 6.41. The van der Waals surface area contributed by atoms with Gasteiger partial charge in [0, 0.05) is 12.6 Å². The predicted octanol–water partition coefficient (Wildman–Crippen LogP) is 13.7. The fraction of sp³-hybridized carbons (Fsp3) is 0.879. The maximum absolute atomic E-state index is 14.6. The van der Waals surface area contributed by atoms with Crippen molar-refractivity contribution in [2.45, 2.75) is 323 Å². The number of ether oxygens (including phenoxy) is 4. The Labute approximate surface area is 455 Å². The number of hydrogen-bond donors (Lipinski definition) is 7. The third-order valence-electron chi connectivity index (χ3n) is 12.1. The second-order valence-corrected chi connectivity index (χ2v) is 24.5. The van der Waals surface area contributed by atoms with Gasteiger partial charge in [-0.3, -0.25) is 20.3 Å². The van der Waals surface area contributed by atoms with Crippen molar-refractivity contribution < 1.29 is 47.7 Å². The molecule has 0 spiro atoms. The lowest BCUT2D eigenvalue weighted by atomic mass is 9.95. The van der Waals surface area contributed by atoms with Crippen molar-refractivity contribution in [2.24, 2.45) is 0 Å². The molecule has 0 radical (unpaired) electrons. The van der Waals surface area contributed by atoms with Gasteiger partial charge >= 0.3 is 24.4 Å². The molecule has 438 valence electrons. The van der Waals surface area contributed by atoms with Crippen LogP contribution in [-0.4, -0.2) is 95.1 Å². The zero-order valence-corrected chi connectivity index (χ0v) is 49.9. The van der Waals surface area contributed by atoms with Crippen LogP contribution in [0.4, 0.5) is 19.2 Å². The van der Waals surface area contributed by atoms with Crippen LogP contribution in [0.3, 0.4) is 0 Å². The Morgan fingerprint density at radius 1 is 0.373 bits per heavy atom. The summed E-state index contributed by atoms with van der Waals surface area (Å²) in [6.45, 7) is 25.2. The van der Waals surface area contributed by atoms with Crippen molar-refractivity contribution in [1.29, 1.82) is 5.41 Å². The normalized spacial score (nSPS) is 13.6. The molecule has 0 aromatic heterocycles. The van der Waals surface area contributed by atoms with Gasteiger partial charge in [0.15, 0.2) is 11.7 Å². The van der Waals surface area contributed by atoms with Gasteiger partial charge in [-0.05, 0) is 128 Å². The summed E-state index contributed by atoms with van der Waals surface area (Å²) < 4.78 is 21.9. The van der Waals surface area contributed by atoms with E-state index >= 15 is 0 Å². The lowest BCUT2D eigenvalue weighted by molar-refractivity contribution is -0.124. The van der Waals surface area contributed by atoms with Crippen molar-refractivity contribution in [3.63, 3.8) is 0 Å². The van der Waals surface area contributed by atoms with Gasteiger partial charge in [-0.1, -0.05) is 149 Å². The van der Waals surface area contributed by atoms with Gasteiger partial charge in [0.05, 0.1) is 12.1 Å². The van der Waals surface area contributed by atoms with Crippen LogP contribution in [0, 0.1) is 5.41 Å². The minimum absolute atomic E-state index is 0.0217. The molecule has 0 aromatic carbocycles. The summed E-state index contributed by atoms with van der Waals surface area (Å²) in [5.41, 5.74) is -3.37. The molecule has 0 aliphatic heterocycles. The molecular formula is C58H111N7O10. The standard InChI is InChI=1S/C58H111N7O10/c1-15-17-19-21-23-25-27-29-31-33-35-39-44(38-34-32-30-28-26-24-22-20-18-16-2)61-49(67)47(64-53(70)74-57(9,10)11)41-36-40-45(62-51(68)72-55(3,4)5)48(66)46(63-52(69)73-56(6,7)8)42-37-43-60-50(59)65-54(71)75-58(12,13)14/h44-47H,15-43H2,1-14H3,(H,61,67)(H,62,68)(H,63,69)(H,64,70)(H3,59,60,65,71)/t44?,45?,46-,47-/m0/s1. The third kappa shape index (κ3) is 43.5. The fourth-order valence-electron chi connectivity index (χ4n) is 8.45. The molecule has 0 saturated carbocycles. The van der Waals surface area contributed by atoms with Crippen LogP contribution in [0.1, 0.15) is 277 Å². The quantitative estimate of drug-likeness (QED) is 0.0133. The molecule has 0 fully saturated rings. The fourth-order valence-corrected chi connectivity index (χ4v) is 8.45. The molecule has 0 aromatic rings. The molecule has 2 unspecified atom stereocenters. The summed E-state index contributed by atoms with van der Waals surface area (Å²) in [5.74, 6) is -1.19. The maximum Gasteiger partial charge on any atom is 0.414 e. The second kappa shape index (κ2) is 39.1. The maximum atomic E-state index is 14.6. The van der Waals surface area contributed by atoms with E-state index in [0.717, 1.165) is 51.4 Å². The molecular weight excluding hydrogens is 955 g/mol. The molecule has 17 nitrogen and oxygen atoms in total. The summed E-state index contributed by atoms with van der Waals surface area (Å²) in [6, 6.07) is -3.47. The number of alkyl carbamates (subject to hydrolysis) is 4. The Kier molecular flexibility index (Phi) is 36.9. The molecule has 0 bridgehead atoms. The SMILES string of the molecule is CCCCCCCCCCCCCC(CCCCCCCCCCCC)NC(=O)[C@H](CCCC(NC(=O)OC(C)(C)C)C(=O)[C@H](CCCNC(=N)NC(=O)OC(C)(C)C)NC(=O)OC(C)(C)C)NC(=O)OC(C)(C)C. The van der Waals surface area contributed by atoms with E-state index in [1.54, 1.807) is 83.1 Å². The minimum Gasteiger partial charge on any atom is -0.444 e. The number of carbonyl (C=O) groups is 6. The zero-order chi connectivity index (χ0) is 56.9. The molecule has 0 heterocycles. The average molecular weight is 1070 g/mol. The van der Waals surface area contributed by atoms with Crippen molar-refractivity contribution >= 4 is 42.0 Å². The summed E-state index contributed by atoms with van der Waals surface area (Å²) in [5, 5.41) is 24.7. The van der Waals surface area contributed by atoms with Gasteiger partial charge in [0.2, 0.25) is 5.91 Å². The zero-order valence-electron chi connectivity index (χ0n) is 49.9. The first-order valence-electron chi connectivity index (χ1n) is 29.2. The van der Waals surface area contributed by atoms with Crippen LogP contribution in [0.15, 0.2) is 0 Å². The van der Waals surface area contributed by atoms with Crippen LogP contribution < -0.4 is 31.9 Å². The number of nitrogens with one attached hydrogen (secondary N) is 7. The van der Waals surface area contributed by atoms with Gasteiger partial charge in [0.25, 0.3) is 0 Å². The molecule has 0 aliphatic rings. The lowest BCUT2D eigenvalue weighted by Gasteiger charge is -2.28. The minimum atomic E-state index is -1.20. The highest BCUT2D eigenvalue weighted by molar-refractivity contribution is 5.94. The van der Waals surface area contributed by atoms with Crippen molar-refractivity contribution in [2.75, 3.05) is 6.54 Å². The Hall–Kier alpha value is -4.31. The van der Waals surface area contributed by atoms with Crippen LogP contribution in [0.25, 0.3) is 0 Å². The van der Waals surface area contributed by atoms with E-state index in [1.807, 2.05) is 0 Å². The Bertz CT molecular complexity index is 1620. The van der Waals surface area contributed by atoms with Crippen LogP contribution in [0.2, 0.25) is 0 Å². The first-order chi connectivity index (χ1) is 35.0. The van der Waals surface area contributed by atoms with Crippen molar-refractivity contribution in [3.05, 3.63) is 0 Å². The first kappa shape index (κ1) is 70.7. The van der Waals surface area contributed by atoms with Crippen molar-refractivity contribution in [3.8, 4) is 0 Å². The molecule has 0 rings (SSSR count). The molecule has 75 heavy (non-hydrogen) atoms. The van der Waals surface area contributed by atoms with E-state index in [1.165, 1.54) is 96.3 Å².